The molecular weight excluding hydrogens is 312 g/mol. The van der Waals surface area contributed by atoms with Crippen molar-refractivity contribution in [2.45, 2.75) is 13.8 Å². The fourth-order valence-electron chi connectivity index (χ4n) is 4.95. The SMILES string of the molecule is Cc1c2ccccc2c2ccc3c(C)c4ccccc4c4ccc1c2c34. The van der Waals surface area contributed by atoms with Gasteiger partial charge in [-0.2, -0.15) is 0 Å². The van der Waals surface area contributed by atoms with Crippen molar-refractivity contribution in [1.82, 2.24) is 0 Å². The summed E-state index contributed by atoms with van der Waals surface area (Å²) in [6.45, 7) is 4.53. The van der Waals surface area contributed by atoms with E-state index < -0.39 is 0 Å². The largest absolute Gasteiger partial charge is 0.0616 e. The van der Waals surface area contributed by atoms with Gasteiger partial charge in [-0.3, -0.25) is 0 Å². The smallest absolute Gasteiger partial charge is 0.00174 e. The van der Waals surface area contributed by atoms with Gasteiger partial charge in [0.1, 0.15) is 0 Å². The maximum Gasteiger partial charge on any atom is -0.00174 e. The average Bonchev–Trinajstić information content (AvgIpc) is 2.70. The van der Waals surface area contributed by atoms with E-state index >= 15 is 0 Å². The van der Waals surface area contributed by atoms with Crippen LogP contribution in [0.15, 0.2) is 72.8 Å². The van der Waals surface area contributed by atoms with E-state index in [-0.39, 0.29) is 0 Å². The lowest BCUT2D eigenvalue weighted by Gasteiger charge is -2.18. The summed E-state index contributed by atoms with van der Waals surface area (Å²) < 4.78 is 0. The molecule has 122 valence electrons. The standard InChI is InChI=1S/C26H18/c1-15-17-7-3-5-9-21(17)23-14-12-20-16(2)18-8-4-6-10-22(18)24-13-11-19(15)25(23)26(20)24/h3-14H,1-2H3. The quantitative estimate of drug-likeness (QED) is 0.200. The second-order valence-corrected chi connectivity index (χ2v) is 7.41. The molecular formula is C26H18. The fourth-order valence-corrected chi connectivity index (χ4v) is 4.95. The third kappa shape index (κ3) is 1.55. The van der Waals surface area contributed by atoms with Crippen molar-refractivity contribution in [3.05, 3.63) is 83.9 Å². The van der Waals surface area contributed by atoms with Gasteiger partial charge in [-0.15, -0.1) is 0 Å². The number of hydrogen-bond acceptors (Lipinski definition) is 0. The maximum atomic E-state index is 2.33. The van der Waals surface area contributed by atoms with Crippen molar-refractivity contribution in [3.63, 3.8) is 0 Å². The van der Waals surface area contributed by atoms with Gasteiger partial charge in [-0.1, -0.05) is 72.8 Å². The molecule has 0 N–H and O–H groups in total. The Balaban J connectivity index is 2.04. The lowest BCUT2D eigenvalue weighted by Crippen LogP contribution is -1.92. The highest BCUT2D eigenvalue weighted by Gasteiger charge is 2.16. The highest BCUT2D eigenvalue weighted by Crippen LogP contribution is 2.44. The molecule has 0 bridgehead atoms. The van der Waals surface area contributed by atoms with Crippen molar-refractivity contribution < 1.29 is 0 Å². The minimum absolute atomic E-state index is 1.36. The second kappa shape index (κ2) is 4.74. The third-order valence-corrected chi connectivity index (χ3v) is 6.21. The summed E-state index contributed by atoms with van der Waals surface area (Å²) in [6.07, 6.45) is 0. The van der Waals surface area contributed by atoms with Crippen molar-refractivity contribution in [3.8, 4) is 0 Å². The molecule has 0 amide bonds. The molecule has 0 unspecified atom stereocenters. The summed E-state index contributed by atoms with van der Waals surface area (Å²) in [5.74, 6) is 0. The van der Waals surface area contributed by atoms with Crippen LogP contribution in [-0.2, 0) is 0 Å². The number of rotatable bonds is 0. The van der Waals surface area contributed by atoms with Crippen LogP contribution in [0.25, 0.3) is 53.9 Å². The second-order valence-electron chi connectivity index (χ2n) is 7.41. The lowest BCUT2D eigenvalue weighted by atomic mass is 9.85. The van der Waals surface area contributed by atoms with E-state index in [1.807, 2.05) is 0 Å². The normalized spacial score (nSPS) is 12.2. The number of hydrogen-bond donors (Lipinski definition) is 0. The van der Waals surface area contributed by atoms with Crippen LogP contribution in [-0.4, -0.2) is 0 Å². The highest BCUT2D eigenvalue weighted by atomic mass is 14.2. The van der Waals surface area contributed by atoms with E-state index in [1.165, 1.54) is 65.0 Å². The Kier molecular flexibility index (Phi) is 2.57. The van der Waals surface area contributed by atoms with E-state index in [1.54, 1.807) is 0 Å². The molecule has 0 spiro atoms. The van der Waals surface area contributed by atoms with Crippen LogP contribution in [0, 0.1) is 13.8 Å². The molecule has 26 heavy (non-hydrogen) atoms. The molecule has 0 nitrogen and oxygen atoms in total. The van der Waals surface area contributed by atoms with E-state index in [0.29, 0.717) is 0 Å². The van der Waals surface area contributed by atoms with Crippen LogP contribution in [0.3, 0.4) is 0 Å². The summed E-state index contributed by atoms with van der Waals surface area (Å²) >= 11 is 0. The van der Waals surface area contributed by atoms with Gasteiger partial charge in [-0.25, -0.2) is 0 Å². The first-order chi connectivity index (χ1) is 12.8. The predicted molar refractivity (Wildman–Crippen MR) is 115 cm³/mol. The molecule has 0 radical (unpaired) electrons. The van der Waals surface area contributed by atoms with E-state index in [2.05, 4.69) is 86.6 Å². The van der Waals surface area contributed by atoms with E-state index in [9.17, 15) is 0 Å². The minimum Gasteiger partial charge on any atom is -0.0616 e. The first kappa shape index (κ1) is 14.1. The topological polar surface area (TPSA) is 0 Å². The first-order valence-corrected chi connectivity index (χ1v) is 9.23. The minimum atomic E-state index is 1.36. The first-order valence-electron chi connectivity index (χ1n) is 9.23. The molecule has 0 aliphatic rings. The Hall–Kier alpha value is -3.12. The van der Waals surface area contributed by atoms with Crippen LogP contribution in [0.4, 0.5) is 0 Å². The summed E-state index contributed by atoms with van der Waals surface area (Å²) in [4.78, 5) is 0. The van der Waals surface area contributed by atoms with Crippen LogP contribution in [0.1, 0.15) is 11.1 Å². The van der Waals surface area contributed by atoms with Gasteiger partial charge in [0.05, 0.1) is 0 Å². The van der Waals surface area contributed by atoms with Crippen LogP contribution in [0.5, 0.6) is 0 Å². The molecule has 0 heterocycles. The number of fused-ring (bicyclic) bond motifs is 4. The van der Waals surface area contributed by atoms with Crippen LogP contribution < -0.4 is 0 Å². The van der Waals surface area contributed by atoms with Crippen molar-refractivity contribution in [2.24, 2.45) is 0 Å². The Labute approximate surface area is 152 Å². The predicted octanol–water partition coefficient (Wildman–Crippen LogP) is 7.51. The van der Waals surface area contributed by atoms with Gasteiger partial charge in [0, 0.05) is 0 Å². The molecule has 6 aromatic carbocycles. The Morgan fingerprint density at radius 3 is 1.12 bits per heavy atom. The van der Waals surface area contributed by atoms with Gasteiger partial charge >= 0.3 is 0 Å². The zero-order chi connectivity index (χ0) is 17.4. The van der Waals surface area contributed by atoms with Crippen molar-refractivity contribution in [1.29, 1.82) is 0 Å². The highest BCUT2D eigenvalue weighted by molar-refractivity contribution is 6.34. The van der Waals surface area contributed by atoms with Crippen molar-refractivity contribution in [2.75, 3.05) is 0 Å². The molecule has 6 aromatic rings. The zero-order valence-corrected chi connectivity index (χ0v) is 14.9. The summed E-state index contributed by atoms with van der Waals surface area (Å²) in [5.41, 5.74) is 2.77. The molecule has 0 aromatic heterocycles. The summed E-state index contributed by atoms with van der Waals surface area (Å²) in [5, 5.41) is 13.8. The molecule has 0 atom stereocenters. The molecule has 0 saturated carbocycles. The van der Waals surface area contributed by atoms with Crippen molar-refractivity contribution >= 4 is 53.9 Å². The van der Waals surface area contributed by atoms with Crippen LogP contribution in [0.2, 0.25) is 0 Å². The van der Waals surface area contributed by atoms with Gasteiger partial charge < -0.3 is 0 Å². The molecule has 0 saturated heterocycles. The molecule has 0 heteroatoms. The Bertz CT molecular complexity index is 1370. The van der Waals surface area contributed by atoms with Gasteiger partial charge in [0.2, 0.25) is 0 Å². The Morgan fingerprint density at radius 2 is 0.692 bits per heavy atom. The molecule has 0 aliphatic heterocycles. The Morgan fingerprint density at radius 1 is 0.346 bits per heavy atom. The monoisotopic (exact) mass is 330 g/mol. The zero-order valence-electron chi connectivity index (χ0n) is 14.9. The fraction of sp³-hybridized carbons (Fsp3) is 0.0769. The maximum absolute atomic E-state index is 2.33. The summed E-state index contributed by atoms with van der Waals surface area (Å²) in [6, 6.07) is 26.9. The lowest BCUT2D eigenvalue weighted by molar-refractivity contribution is 1.58. The van der Waals surface area contributed by atoms with Gasteiger partial charge in [0.25, 0.3) is 0 Å². The summed E-state index contributed by atoms with van der Waals surface area (Å²) in [7, 11) is 0. The van der Waals surface area contributed by atoms with Crippen LogP contribution >= 0.6 is 0 Å². The number of aryl methyl sites for hydroxylation is 2. The van der Waals surface area contributed by atoms with Gasteiger partial charge in [0.15, 0.2) is 0 Å². The molecule has 6 rings (SSSR count). The molecule has 0 aliphatic carbocycles. The molecule has 0 fully saturated rings. The van der Waals surface area contributed by atoms with E-state index in [4.69, 9.17) is 0 Å². The third-order valence-electron chi connectivity index (χ3n) is 6.21. The number of benzene rings is 6. The average molecular weight is 330 g/mol. The van der Waals surface area contributed by atoms with E-state index in [0.717, 1.165) is 0 Å². The van der Waals surface area contributed by atoms with Gasteiger partial charge in [-0.05, 0) is 78.8 Å².